The summed E-state index contributed by atoms with van der Waals surface area (Å²) in [6.07, 6.45) is 4.84. The maximum Gasteiger partial charge on any atom is 0.229 e. The van der Waals surface area contributed by atoms with Gasteiger partial charge in [0.15, 0.2) is 5.82 Å². The van der Waals surface area contributed by atoms with E-state index in [1.807, 2.05) is 0 Å². The highest BCUT2D eigenvalue weighted by molar-refractivity contribution is 6.32. The highest BCUT2D eigenvalue weighted by Gasteiger charge is 2.32. The molecular formula is C26H37ClN6O. The zero-order valence-electron chi connectivity index (χ0n) is 20.3. The second kappa shape index (κ2) is 11.4. The van der Waals surface area contributed by atoms with Crippen molar-refractivity contribution in [3.8, 4) is 0 Å². The first-order valence-electron chi connectivity index (χ1n) is 12.4. The minimum atomic E-state index is 0.221. The molecule has 3 atom stereocenters. The normalized spacial score (nSPS) is 23.7. The van der Waals surface area contributed by atoms with Gasteiger partial charge in [0.2, 0.25) is 5.95 Å². The summed E-state index contributed by atoms with van der Waals surface area (Å²) in [5, 5.41) is 16.6. The van der Waals surface area contributed by atoms with Crippen molar-refractivity contribution in [2.24, 2.45) is 11.8 Å². The van der Waals surface area contributed by atoms with Gasteiger partial charge in [0.1, 0.15) is 5.02 Å². The van der Waals surface area contributed by atoms with Gasteiger partial charge in [-0.2, -0.15) is 4.98 Å². The van der Waals surface area contributed by atoms with Gasteiger partial charge in [-0.15, -0.1) is 0 Å². The summed E-state index contributed by atoms with van der Waals surface area (Å²) in [5.41, 5.74) is 3.47. The number of piperazine rings is 1. The molecule has 0 radical (unpaired) electrons. The molecule has 7 nitrogen and oxygen atoms in total. The van der Waals surface area contributed by atoms with Crippen molar-refractivity contribution in [3.05, 3.63) is 47.6 Å². The summed E-state index contributed by atoms with van der Waals surface area (Å²) in [4.78, 5) is 13.8. The van der Waals surface area contributed by atoms with Gasteiger partial charge >= 0.3 is 0 Å². The number of hydrogen-bond acceptors (Lipinski definition) is 7. The van der Waals surface area contributed by atoms with E-state index in [1.165, 1.54) is 11.3 Å². The van der Waals surface area contributed by atoms with Gasteiger partial charge in [-0.05, 0) is 48.9 Å². The smallest absolute Gasteiger partial charge is 0.229 e. The van der Waals surface area contributed by atoms with Crippen molar-refractivity contribution in [1.29, 1.82) is 0 Å². The Morgan fingerprint density at radius 3 is 2.56 bits per heavy atom. The van der Waals surface area contributed by atoms with Crippen LogP contribution in [0, 0.1) is 11.8 Å². The van der Waals surface area contributed by atoms with E-state index in [0.29, 0.717) is 34.7 Å². The summed E-state index contributed by atoms with van der Waals surface area (Å²) in [6, 6.07) is 8.68. The predicted molar refractivity (Wildman–Crippen MR) is 141 cm³/mol. The highest BCUT2D eigenvalue weighted by atomic mass is 35.5. The fourth-order valence-corrected chi connectivity index (χ4v) is 5.37. The minimum absolute atomic E-state index is 0.221. The summed E-state index contributed by atoms with van der Waals surface area (Å²) in [6.45, 7) is 13.6. The Bertz CT molecular complexity index is 960. The minimum Gasteiger partial charge on any atom is -0.395 e. The fourth-order valence-electron chi connectivity index (χ4n) is 5.23. The summed E-state index contributed by atoms with van der Waals surface area (Å²) >= 11 is 6.47. The molecule has 1 aliphatic carbocycles. The Hall–Kier alpha value is -2.35. The molecule has 1 saturated heterocycles. The summed E-state index contributed by atoms with van der Waals surface area (Å²) in [7, 11) is 0. The van der Waals surface area contributed by atoms with Crippen molar-refractivity contribution in [1.82, 2.24) is 14.9 Å². The largest absolute Gasteiger partial charge is 0.395 e. The van der Waals surface area contributed by atoms with Crippen molar-refractivity contribution >= 4 is 34.7 Å². The molecule has 0 spiro atoms. The number of anilines is 4. The van der Waals surface area contributed by atoms with Crippen LogP contribution in [0.2, 0.25) is 5.02 Å². The molecule has 1 aromatic carbocycles. The van der Waals surface area contributed by atoms with Crippen LogP contribution in [0.1, 0.15) is 33.1 Å². The lowest BCUT2D eigenvalue weighted by atomic mass is 9.74. The number of aliphatic hydroxyl groups is 1. The van der Waals surface area contributed by atoms with Crippen LogP contribution in [-0.2, 0) is 0 Å². The third-order valence-corrected chi connectivity index (χ3v) is 7.41. The maximum atomic E-state index is 9.12. The standard InChI is InChI=1S/C26H37ClN6O/c1-4-20-16-18(2)15-19(3)24(20)30-25-23(27)17-28-26(31-25)29-21-5-7-22(8-6-21)33-11-9-32(10-12-33)13-14-34/h5-8,17,19-20,24,34H,2,4,9-16H2,1,3H3,(H2,28,29,30,31). The molecule has 2 heterocycles. The average molecular weight is 485 g/mol. The molecule has 1 aromatic heterocycles. The molecule has 1 saturated carbocycles. The van der Waals surface area contributed by atoms with Gasteiger partial charge < -0.3 is 20.6 Å². The molecule has 4 rings (SSSR count). The first-order chi connectivity index (χ1) is 16.5. The number of nitrogens with one attached hydrogen (secondary N) is 2. The lowest BCUT2D eigenvalue weighted by Crippen LogP contribution is -2.47. The van der Waals surface area contributed by atoms with E-state index in [9.17, 15) is 0 Å². The number of β-amino-alcohol motifs (C(OH)–C–C–N with tert-alkyl or cyclic N) is 1. The molecule has 2 aliphatic rings. The van der Waals surface area contributed by atoms with Gasteiger partial charge in [-0.25, -0.2) is 4.98 Å². The van der Waals surface area contributed by atoms with Crippen LogP contribution in [0.4, 0.5) is 23.1 Å². The van der Waals surface area contributed by atoms with Gasteiger partial charge in [-0.1, -0.05) is 44.0 Å². The topological polar surface area (TPSA) is 76.6 Å². The Morgan fingerprint density at radius 2 is 1.88 bits per heavy atom. The van der Waals surface area contributed by atoms with E-state index in [-0.39, 0.29) is 6.61 Å². The number of aliphatic hydroxyl groups excluding tert-OH is 1. The lowest BCUT2D eigenvalue weighted by Gasteiger charge is -2.38. The van der Waals surface area contributed by atoms with Crippen LogP contribution in [0.15, 0.2) is 42.6 Å². The Balaban J connectivity index is 1.40. The van der Waals surface area contributed by atoms with E-state index in [4.69, 9.17) is 21.7 Å². The summed E-state index contributed by atoms with van der Waals surface area (Å²) in [5.74, 6) is 2.21. The number of nitrogens with zero attached hydrogens (tertiary/aromatic N) is 4. The number of benzene rings is 1. The molecule has 0 bridgehead atoms. The van der Waals surface area contributed by atoms with Crippen LogP contribution in [0.25, 0.3) is 0 Å². The fraction of sp³-hybridized carbons (Fsp3) is 0.538. The van der Waals surface area contributed by atoms with Crippen molar-refractivity contribution in [3.63, 3.8) is 0 Å². The molecule has 2 aromatic rings. The Morgan fingerprint density at radius 1 is 1.15 bits per heavy atom. The average Bonchev–Trinajstić information content (AvgIpc) is 2.84. The lowest BCUT2D eigenvalue weighted by molar-refractivity contribution is 0.189. The first-order valence-corrected chi connectivity index (χ1v) is 12.8. The van der Waals surface area contributed by atoms with Crippen LogP contribution < -0.4 is 15.5 Å². The zero-order chi connectivity index (χ0) is 24.1. The van der Waals surface area contributed by atoms with E-state index < -0.39 is 0 Å². The maximum absolute atomic E-state index is 9.12. The van der Waals surface area contributed by atoms with E-state index in [0.717, 1.165) is 57.7 Å². The first kappa shape index (κ1) is 24.8. The molecule has 2 fully saturated rings. The Kier molecular flexibility index (Phi) is 8.29. The second-order valence-corrected chi connectivity index (χ2v) is 10.00. The molecule has 1 aliphatic heterocycles. The van der Waals surface area contributed by atoms with Crippen LogP contribution in [0.3, 0.4) is 0 Å². The molecule has 0 amide bonds. The van der Waals surface area contributed by atoms with Crippen molar-refractivity contribution in [2.45, 2.75) is 39.2 Å². The van der Waals surface area contributed by atoms with E-state index in [1.54, 1.807) is 6.20 Å². The van der Waals surface area contributed by atoms with Crippen molar-refractivity contribution < 1.29 is 5.11 Å². The monoisotopic (exact) mass is 484 g/mol. The molecule has 3 unspecified atom stereocenters. The number of aromatic nitrogens is 2. The predicted octanol–water partition coefficient (Wildman–Crippen LogP) is 4.78. The van der Waals surface area contributed by atoms with Crippen LogP contribution in [-0.4, -0.2) is 65.3 Å². The quantitative estimate of drug-likeness (QED) is 0.465. The van der Waals surface area contributed by atoms with E-state index >= 15 is 0 Å². The van der Waals surface area contributed by atoms with Crippen LogP contribution >= 0.6 is 11.6 Å². The molecule has 184 valence electrons. The van der Waals surface area contributed by atoms with Crippen LogP contribution in [0.5, 0.6) is 0 Å². The van der Waals surface area contributed by atoms with Crippen molar-refractivity contribution in [2.75, 3.05) is 54.9 Å². The van der Waals surface area contributed by atoms with Gasteiger partial charge in [-0.3, -0.25) is 4.90 Å². The number of halogens is 1. The van der Waals surface area contributed by atoms with Gasteiger partial charge in [0, 0.05) is 50.1 Å². The van der Waals surface area contributed by atoms with E-state index in [2.05, 4.69) is 70.1 Å². The third kappa shape index (κ3) is 6.01. The highest BCUT2D eigenvalue weighted by Crippen LogP contribution is 2.36. The zero-order valence-corrected chi connectivity index (χ0v) is 21.1. The SMILES string of the molecule is C=C1CC(C)C(Nc2nc(Nc3ccc(N4CCN(CCO)CC4)cc3)ncc2Cl)C(CC)C1. The van der Waals surface area contributed by atoms with Gasteiger partial charge in [0.25, 0.3) is 0 Å². The summed E-state index contributed by atoms with van der Waals surface area (Å²) < 4.78 is 0. The van der Waals surface area contributed by atoms with Gasteiger partial charge in [0.05, 0.1) is 12.8 Å². The molecule has 3 N–H and O–H groups in total. The number of rotatable bonds is 8. The molecule has 8 heteroatoms. The molecule has 34 heavy (non-hydrogen) atoms. The number of hydrogen-bond donors (Lipinski definition) is 3. The second-order valence-electron chi connectivity index (χ2n) is 9.59. The molecular weight excluding hydrogens is 448 g/mol. The third-order valence-electron chi connectivity index (χ3n) is 7.13. The Labute approximate surface area is 208 Å². The number of allylic oxidation sites excluding steroid dienone is 1.